The number of carboxylic acid groups (broad SMARTS) is 1. The van der Waals surface area contributed by atoms with Crippen LogP contribution in [0.1, 0.15) is 32.3 Å². The minimum atomic E-state index is -0.849. The lowest BCUT2D eigenvalue weighted by Crippen LogP contribution is -2.17. The van der Waals surface area contributed by atoms with Gasteiger partial charge in [-0.2, -0.15) is 0 Å². The van der Waals surface area contributed by atoms with Crippen LogP contribution in [0.25, 0.3) is 0 Å². The molecule has 20 heavy (non-hydrogen) atoms. The fraction of sp³-hybridized carbons (Fsp3) is 0.467. The zero-order chi connectivity index (χ0) is 15.0. The summed E-state index contributed by atoms with van der Waals surface area (Å²) in [5.74, 6) is -1.06. The molecule has 1 unspecified atom stereocenters. The Balaban J connectivity index is 2.47. The molecular weight excluding hydrogens is 276 g/mol. The molecule has 0 heterocycles. The average molecular weight is 296 g/mol. The second kappa shape index (κ2) is 8.64. The molecule has 0 aromatic heterocycles. The van der Waals surface area contributed by atoms with Crippen LogP contribution in [0.3, 0.4) is 0 Å². The van der Waals surface area contributed by atoms with Crippen molar-refractivity contribution in [2.75, 3.05) is 6.61 Å². The van der Waals surface area contributed by atoms with Gasteiger partial charge >= 0.3 is 11.9 Å². The van der Waals surface area contributed by atoms with Gasteiger partial charge in [0.05, 0.1) is 13.0 Å². The van der Waals surface area contributed by atoms with E-state index in [1.807, 2.05) is 26.0 Å². The van der Waals surface area contributed by atoms with E-state index in [1.54, 1.807) is 12.1 Å². The number of hydrogen-bond donors (Lipinski definition) is 1. The fourth-order valence-electron chi connectivity index (χ4n) is 1.55. The van der Waals surface area contributed by atoms with Gasteiger partial charge in [0.2, 0.25) is 0 Å². The first kappa shape index (κ1) is 16.6. The fourth-order valence-corrected chi connectivity index (χ4v) is 2.41. The third kappa shape index (κ3) is 6.10. The molecule has 1 aromatic carbocycles. The van der Waals surface area contributed by atoms with Crippen LogP contribution >= 0.6 is 11.8 Å². The van der Waals surface area contributed by atoms with Crippen LogP contribution in [-0.2, 0) is 20.7 Å². The number of esters is 1. The summed E-state index contributed by atoms with van der Waals surface area (Å²) in [5, 5.41) is 8.42. The van der Waals surface area contributed by atoms with Gasteiger partial charge in [-0.3, -0.25) is 9.59 Å². The molecule has 0 bridgehead atoms. The number of rotatable bonds is 8. The number of aliphatic carboxylic acids is 1. The lowest BCUT2D eigenvalue weighted by molar-refractivity contribution is -0.142. The highest BCUT2D eigenvalue weighted by Gasteiger charge is 2.15. The second-order valence-corrected chi connectivity index (χ2v) is 5.91. The van der Waals surface area contributed by atoms with E-state index in [9.17, 15) is 9.59 Å². The Morgan fingerprint density at radius 3 is 2.50 bits per heavy atom. The molecule has 1 aromatic rings. The molecule has 0 saturated carbocycles. The van der Waals surface area contributed by atoms with Gasteiger partial charge in [0, 0.05) is 4.90 Å². The number of hydrogen-bond acceptors (Lipinski definition) is 4. The van der Waals surface area contributed by atoms with Crippen molar-refractivity contribution in [3.63, 3.8) is 0 Å². The second-order valence-electron chi connectivity index (χ2n) is 4.50. The first-order chi connectivity index (χ1) is 9.52. The number of benzene rings is 1. The van der Waals surface area contributed by atoms with Crippen LogP contribution in [0.15, 0.2) is 29.2 Å². The summed E-state index contributed by atoms with van der Waals surface area (Å²) in [5.41, 5.74) is 0.750. The van der Waals surface area contributed by atoms with Crippen molar-refractivity contribution in [1.29, 1.82) is 0 Å². The van der Waals surface area contributed by atoms with Gasteiger partial charge in [-0.1, -0.05) is 25.5 Å². The highest BCUT2D eigenvalue weighted by molar-refractivity contribution is 8.00. The SMILES string of the molecule is CCCCOC(=O)C(C)Sc1ccc(CC(=O)O)cc1. The van der Waals surface area contributed by atoms with E-state index in [-0.39, 0.29) is 17.6 Å². The Morgan fingerprint density at radius 2 is 1.95 bits per heavy atom. The maximum Gasteiger partial charge on any atom is 0.319 e. The maximum absolute atomic E-state index is 11.7. The van der Waals surface area contributed by atoms with Crippen molar-refractivity contribution in [3.8, 4) is 0 Å². The van der Waals surface area contributed by atoms with E-state index in [2.05, 4.69) is 0 Å². The van der Waals surface area contributed by atoms with Gasteiger partial charge in [-0.25, -0.2) is 0 Å². The first-order valence-corrected chi connectivity index (χ1v) is 7.55. The van der Waals surface area contributed by atoms with Crippen LogP contribution in [0.4, 0.5) is 0 Å². The lowest BCUT2D eigenvalue weighted by atomic mass is 10.2. The third-order valence-corrected chi connectivity index (χ3v) is 3.76. The summed E-state index contributed by atoms with van der Waals surface area (Å²) in [7, 11) is 0. The zero-order valence-electron chi connectivity index (χ0n) is 11.8. The average Bonchev–Trinajstić information content (AvgIpc) is 2.40. The Morgan fingerprint density at radius 1 is 1.30 bits per heavy atom. The van der Waals surface area contributed by atoms with Crippen LogP contribution in [0, 0.1) is 0 Å². The number of carbonyl (C=O) groups is 2. The summed E-state index contributed by atoms with van der Waals surface area (Å²) < 4.78 is 5.16. The van der Waals surface area contributed by atoms with E-state index < -0.39 is 5.97 Å². The van der Waals surface area contributed by atoms with Crippen LogP contribution in [0.2, 0.25) is 0 Å². The number of thioether (sulfide) groups is 1. The van der Waals surface area contributed by atoms with Crippen molar-refractivity contribution in [1.82, 2.24) is 0 Å². The molecule has 5 heteroatoms. The molecule has 0 fully saturated rings. The number of ether oxygens (including phenoxy) is 1. The predicted molar refractivity (Wildman–Crippen MR) is 79.0 cm³/mol. The normalized spacial score (nSPS) is 11.9. The third-order valence-electron chi connectivity index (χ3n) is 2.67. The Hall–Kier alpha value is -1.49. The largest absolute Gasteiger partial charge is 0.481 e. The van der Waals surface area contributed by atoms with Crippen molar-refractivity contribution in [2.45, 2.75) is 43.3 Å². The van der Waals surface area contributed by atoms with E-state index in [1.165, 1.54) is 11.8 Å². The Labute approximate surface area is 123 Å². The standard InChI is InChI=1S/C15H20O4S/c1-3-4-9-19-15(18)11(2)20-13-7-5-12(6-8-13)10-14(16)17/h5-8,11H,3-4,9-10H2,1-2H3,(H,16,17). The quantitative estimate of drug-likeness (QED) is 0.453. The smallest absolute Gasteiger partial charge is 0.319 e. The van der Waals surface area contributed by atoms with Gasteiger partial charge in [-0.05, 0) is 31.0 Å². The molecule has 0 aliphatic heterocycles. The highest BCUT2D eigenvalue weighted by Crippen LogP contribution is 2.24. The van der Waals surface area contributed by atoms with Crippen LogP contribution in [0.5, 0.6) is 0 Å². The highest BCUT2D eigenvalue weighted by atomic mass is 32.2. The Bertz CT molecular complexity index is 442. The van der Waals surface area contributed by atoms with Gasteiger partial charge in [0.15, 0.2) is 0 Å². The molecule has 0 saturated heterocycles. The molecule has 0 radical (unpaired) electrons. The molecule has 1 atom stereocenters. The van der Waals surface area contributed by atoms with Crippen LogP contribution in [-0.4, -0.2) is 28.9 Å². The molecule has 0 aliphatic carbocycles. The molecule has 0 spiro atoms. The zero-order valence-corrected chi connectivity index (χ0v) is 12.6. The van der Waals surface area contributed by atoms with Gasteiger partial charge < -0.3 is 9.84 Å². The molecule has 110 valence electrons. The summed E-state index contributed by atoms with van der Waals surface area (Å²) in [6.07, 6.45) is 1.90. The molecule has 1 N–H and O–H groups in total. The summed E-state index contributed by atoms with van der Waals surface area (Å²) in [6, 6.07) is 7.20. The first-order valence-electron chi connectivity index (χ1n) is 6.67. The molecule has 0 amide bonds. The molecule has 4 nitrogen and oxygen atoms in total. The maximum atomic E-state index is 11.7. The molecule has 0 aliphatic rings. The van der Waals surface area contributed by atoms with Crippen LogP contribution < -0.4 is 0 Å². The van der Waals surface area contributed by atoms with Gasteiger partial charge in [0.25, 0.3) is 0 Å². The van der Waals surface area contributed by atoms with E-state index in [0.29, 0.717) is 6.61 Å². The number of unbranched alkanes of at least 4 members (excludes halogenated alkanes) is 1. The van der Waals surface area contributed by atoms with Crippen molar-refractivity contribution in [2.24, 2.45) is 0 Å². The topological polar surface area (TPSA) is 63.6 Å². The van der Waals surface area contributed by atoms with Crippen molar-refractivity contribution >= 4 is 23.7 Å². The van der Waals surface area contributed by atoms with Crippen molar-refractivity contribution < 1.29 is 19.4 Å². The number of carboxylic acids is 1. The van der Waals surface area contributed by atoms with E-state index >= 15 is 0 Å². The minimum absolute atomic E-state index is 0.0135. The lowest BCUT2D eigenvalue weighted by Gasteiger charge is -2.11. The molecule has 1 rings (SSSR count). The monoisotopic (exact) mass is 296 g/mol. The predicted octanol–water partition coefficient (Wildman–Crippen LogP) is 3.14. The minimum Gasteiger partial charge on any atom is -0.481 e. The summed E-state index contributed by atoms with van der Waals surface area (Å²) in [6.45, 7) is 4.33. The Kier molecular flexibility index (Phi) is 7.15. The summed E-state index contributed by atoms with van der Waals surface area (Å²) >= 11 is 1.42. The molecular formula is C15H20O4S. The van der Waals surface area contributed by atoms with Gasteiger partial charge in [0.1, 0.15) is 5.25 Å². The number of carbonyl (C=O) groups excluding carboxylic acids is 1. The van der Waals surface area contributed by atoms with E-state index in [0.717, 1.165) is 23.3 Å². The summed E-state index contributed by atoms with van der Waals surface area (Å²) in [4.78, 5) is 23.2. The van der Waals surface area contributed by atoms with Crippen molar-refractivity contribution in [3.05, 3.63) is 29.8 Å². The van der Waals surface area contributed by atoms with E-state index in [4.69, 9.17) is 9.84 Å². The van der Waals surface area contributed by atoms with Gasteiger partial charge in [-0.15, -0.1) is 11.8 Å².